The lowest BCUT2D eigenvalue weighted by molar-refractivity contribution is -0.131. The quantitative estimate of drug-likeness (QED) is 0.366. The van der Waals surface area contributed by atoms with Crippen molar-refractivity contribution < 1.29 is 23.1 Å². The molecular weight excluding hydrogens is 478 g/mol. The highest BCUT2D eigenvalue weighted by molar-refractivity contribution is 5.99. The Hall–Kier alpha value is -3.72. The van der Waals surface area contributed by atoms with E-state index >= 15 is 0 Å². The van der Waals surface area contributed by atoms with Crippen LogP contribution in [0.25, 0.3) is 0 Å². The highest BCUT2D eigenvalue weighted by atomic mass is 19.3. The average molecular weight is 509 g/mol. The lowest BCUT2D eigenvalue weighted by atomic mass is 9.80. The third-order valence-electron chi connectivity index (χ3n) is 6.51. The fraction of sp³-hybridized carbons (Fsp3) is 0.357. The van der Waals surface area contributed by atoms with Crippen molar-refractivity contribution in [2.45, 2.75) is 45.6 Å². The molecule has 37 heavy (non-hydrogen) atoms. The van der Waals surface area contributed by atoms with E-state index in [1.54, 1.807) is 30.3 Å². The van der Waals surface area contributed by atoms with Crippen LogP contribution in [-0.4, -0.2) is 34.9 Å². The number of anilines is 2. The summed E-state index contributed by atoms with van der Waals surface area (Å²) in [5.41, 5.74) is 1.15. The van der Waals surface area contributed by atoms with Crippen molar-refractivity contribution in [1.29, 1.82) is 0 Å². The first-order valence-electron chi connectivity index (χ1n) is 12.2. The van der Waals surface area contributed by atoms with Crippen LogP contribution in [0.4, 0.5) is 20.2 Å². The number of carbonyl (C=O) groups excluding carboxylic acids is 2. The zero-order valence-corrected chi connectivity index (χ0v) is 20.9. The summed E-state index contributed by atoms with van der Waals surface area (Å²) in [7, 11) is 0. The summed E-state index contributed by atoms with van der Waals surface area (Å²) in [6, 6.07) is 13.4. The van der Waals surface area contributed by atoms with E-state index in [2.05, 4.69) is 20.6 Å². The fourth-order valence-electron chi connectivity index (χ4n) is 4.30. The number of ketones is 1. The van der Waals surface area contributed by atoms with Crippen molar-refractivity contribution in [3.8, 4) is 0 Å². The zero-order chi connectivity index (χ0) is 26.5. The van der Waals surface area contributed by atoms with Crippen LogP contribution < -0.4 is 10.6 Å². The molecule has 3 aromatic rings. The lowest BCUT2D eigenvalue weighted by Crippen LogP contribution is -2.42. The number of Topliss-reactive ketones (excluding diaryl/α,β-unsaturated/α-hetero) is 1. The van der Waals surface area contributed by atoms with Crippen LogP contribution in [0.2, 0.25) is 0 Å². The van der Waals surface area contributed by atoms with Gasteiger partial charge in [0.1, 0.15) is 5.82 Å². The largest absolute Gasteiger partial charge is 0.380 e. The molecule has 2 aromatic carbocycles. The Morgan fingerprint density at radius 2 is 1.78 bits per heavy atom. The standard InChI is InChI=1S/C28H30F2N4O3/c1-3-25-31-16-20(17-32-25)24(35)14-28(12-13-37-18-28)26(36)33-15-19-8-10-21(11-9-19)34-23-7-5-4-6-22(23)27(2,29)30/h4-11,16-17,34H,3,12-15,18H2,1-2H3,(H,33,36)/t28-/m0/s1. The van der Waals surface area contributed by atoms with Crippen LogP contribution in [0, 0.1) is 5.41 Å². The number of para-hydroxylation sites is 1. The number of halogens is 2. The topological polar surface area (TPSA) is 93.2 Å². The molecule has 1 atom stereocenters. The predicted molar refractivity (Wildman–Crippen MR) is 136 cm³/mol. The number of nitrogens with zero attached hydrogens (tertiary/aromatic N) is 2. The zero-order valence-electron chi connectivity index (χ0n) is 20.9. The smallest absolute Gasteiger partial charge is 0.272 e. The number of hydrogen-bond donors (Lipinski definition) is 2. The van der Waals surface area contributed by atoms with Gasteiger partial charge in [0.05, 0.1) is 17.6 Å². The number of aryl methyl sites for hydroxylation is 1. The number of alkyl halides is 2. The van der Waals surface area contributed by atoms with Gasteiger partial charge in [-0.2, -0.15) is 0 Å². The third kappa shape index (κ3) is 6.35. The summed E-state index contributed by atoms with van der Waals surface area (Å²) in [5.74, 6) is -2.76. The van der Waals surface area contributed by atoms with E-state index in [0.717, 1.165) is 12.5 Å². The van der Waals surface area contributed by atoms with Crippen LogP contribution >= 0.6 is 0 Å². The summed E-state index contributed by atoms with van der Waals surface area (Å²) in [4.78, 5) is 34.4. The fourth-order valence-corrected chi connectivity index (χ4v) is 4.30. The van der Waals surface area contributed by atoms with Gasteiger partial charge in [-0.1, -0.05) is 37.3 Å². The SMILES string of the molecule is CCc1ncc(C(=O)C[C@@]2(C(=O)NCc3ccc(Nc4ccccc4C(C)(F)F)cc3)CCOC2)cn1. The molecular formula is C28H30F2N4O3. The minimum atomic E-state index is -2.97. The molecule has 2 N–H and O–H groups in total. The normalized spacial score (nSPS) is 17.4. The van der Waals surface area contributed by atoms with Crippen molar-refractivity contribution in [3.05, 3.63) is 83.4 Å². The summed E-state index contributed by atoms with van der Waals surface area (Å²) in [6.45, 7) is 3.63. The Bertz CT molecular complexity index is 1240. The first-order valence-corrected chi connectivity index (χ1v) is 12.2. The Balaban J connectivity index is 1.38. The molecule has 1 saturated heterocycles. The summed E-state index contributed by atoms with van der Waals surface area (Å²) < 4.78 is 33.3. The lowest BCUT2D eigenvalue weighted by Gasteiger charge is -2.25. The Morgan fingerprint density at radius 3 is 2.41 bits per heavy atom. The number of hydrogen-bond acceptors (Lipinski definition) is 6. The number of carbonyl (C=O) groups is 2. The van der Waals surface area contributed by atoms with Crippen LogP contribution in [0.5, 0.6) is 0 Å². The molecule has 1 aliphatic rings. The minimum Gasteiger partial charge on any atom is -0.380 e. The van der Waals surface area contributed by atoms with Crippen LogP contribution in [0.3, 0.4) is 0 Å². The monoisotopic (exact) mass is 508 g/mol. The number of aromatic nitrogens is 2. The third-order valence-corrected chi connectivity index (χ3v) is 6.51. The Labute approximate surface area is 214 Å². The maximum absolute atomic E-state index is 13.9. The van der Waals surface area contributed by atoms with Crippen LogP contribution in [0.1, 0.15) is 54.0 Å². The molecule has 1 amide bonds. The molecule has 1 aromatic heterocycles. The number of nitrogens with one attached hydrogen (secondary N) is 2. The van der Waals surface area contributed by atoms with Crippen molar-refractivity contribution in [3.63, 3.8) is 0 Å². The van der Waals surface area contributed by atoms with Gasteiger partial charge in [0.25, 0.3) is 5.92 Å². The van der Waals surface area contributed by atoms with Crippen LogP contribution in [-0.2, 0) is 28.4 Å². The van der Waals surface area contributed by atoms with Gasteiger partial charge in [0.15, 0.2) is 5.78 Å². The van der Waals surface area contributed by atoms with E-state index in [9.17, 15) is 18.4 Å². The van der Waals surface area contributed by atoms with Gasteiger partial charge in [0, 0.05) is 62.2 Å². The van der Waals surface area contributed by atoms with Crippen molar-refractivity contribution in [2.24, 2.45) is 5.41 Å². The maximum atomic E-state index is 13.9. The molecule has 1 fully saturated rings. The maximum Gasteiger partial charge on any atom is 0.272 e. The van der Waals surface area contributed by atoms with Gasteiger partial charge >= 0.3 is 0 Å². The van der Waals surface area contributed by atoms with E-state index in [-0.39, 0.29) is 36.8 Å². The number of rotatable bonds is 10. The number of ether oxygens (including phenoxy) is 1. The van der Waals surface area contributed by atoms with Gasteiger partial charge in [-0.15, -0.1) is 0 Å². The molecule has 0 bridgehead atoms. The van der Waals surface area contributed by atoms with E-state index in [1.165, 1.54) is 18.5 Å². The molecule has 0 aliphatic carbocycles. The molecule has 194 valence electrons. The molecule has 1 aliphatic heterocycles. The van der Waals surface area contributed by atoms with E-state index in [0.29, 0.717) is 42.2 Å². The Kier molecular flexibility index (Phi) is 7.92. The second-order valence-electron chi connectivity index (χ2n) is 9.36. The van der Waals surface area contributed by atoms with E-state index in [4.69, 9.17) is 4.74 Å². The average Bonchev–Trinajstić information content (AvgIpc) is 3.37. The summed E-state index contributed by atoms with van der Waals surface area (Å²) in [6.07, 6.45) is 4.14. The summed E-state index contributed by atoms with van der Waals surface area (Å²) >= 11 is 0. The van der Waals surface area contributed by atoms with Gasteiger partial charge in [-0.3, -0.25) is 9.59 Å². The second-order valence-corrected chi connectivity index (χ2v) is 9.36. The number of benzene rings is 2. The highest BCUT2D eigenvalue weighted by Crippen LogP contribution is 2.35. The predicted octanol–water partition coefficient (Wildman–Crippen LogP) is 5.19. The first-order chi connectivity index (χ1) is 17.7. The van der Waals surface area contributed by atoms with Crippen LogP contribution in [0.15, 0.2) is 60.9 Å². The van der Waals surface area contributed by atoms with Gasteiger partial charge < -0.3 is 15.4 Å². The molecule has 7 nitrogen and oxygen atoms in total. The van der Waals surface area contributed by atoms with Gasteiger partial charge in [-0.25, -0.2) is 18.7 Å². The molecule has 9 heteroatoms. The Morgan fingerprint density at radius 1 is 1.08 bits per heavy atom. The van der Waals surface area contributed by atoms with Crippen molar-refractivity contribution in [2.75, 3.05) is 18.5 Å². The first kappa shape index (κ1) is 26.3. The molecule has 4 rings (SSSR count). The molecule has 0 unspecified atom stereocenters. The molecule has 0 spiro atoms. The van der Waals surface area contributed by atoms with Gasteiger partial charge in [0.2, 0.25) is 5.91 Å². The molecule has 0 radical (unpaired) electrons. The van der Waals surface area contributed by atoms with Gasteiger partial charge in [-0.05, 0) is 30.2 Å². The second kappa shape index (κ2) is 11.1. The molecule has 0 saturated carbocycles. The summed E-state index contributed by atoms with van der Waals surface area (Å²) in [5, 5.41) is 5.97. The van der Waals surface area contributed by atoms with E-state index in [1.807, 2.05) is 19.1 Å². The molecule has 2 heterocycles. The minimum absolute atomic E-state index is 0.0119. The highest BCUT2D eigenvalue weighted by Gasteiger charge is 2.44. The van der Waals surface area contributed by atoms with E-state index < -0.39 is 11.3 Å². The number of amides is 1. The van der Waals surface area contributed by atoms with Crippen molar-refractivity contribution >= 4 is 23.1 Å². The van der Waals surface area contributed by atoms with Crippen molar-refractivity contribution in [1.82, 2.24) is 15.3 Å².